The molecule has 1 aromatic carbocycles. The van der Waals surface area contributed by atoms with Gasteiger partial charge in [0, 0.05) is 5.56 Å². The van der Waals surface area contributed by atoms with Gasteiger partial charge in [0.2, 0.25) is 0 Å². The molecule has 6 heteroatoms. The highest BCUT2D eigenvalue weighted by Crippen LogP contribution is 2.48. The predicted octanol–water partition coefficient (Wildman–Crippen LogP) is 5.13. The third-order valence-electron chi connectivity index (χ3n) is 5.40. The van der Waals surface area contributed by atoms with Gasteiger partial charge in [-0.15, -0.1) is 0 Å². The Hall–Kier alpha value is -1.20. The van der Waals surface area contributed by atoms with Crippen LogP contribution in [0.15, 0.2) is 6.20 Å². The number of H-pyrrole nitrogens is 1. The molecule has 0 amide bonds. The van der Waals surface area contributed by atoms with Crippen molar-refractivity contribution in [2.45, 2.75) is 52.1 Å². The SMILES string of the molecule is CC(C)(C1CCCCC1)C(O)c1c(F)c(Cl)c(F)c2cn[nH]c12. The lowest BCUT2D eigenvalue weighted by Crippen LogP contribution is -2.33. The number of benzene rings is 1. The van der Waals surface area contributed by atoms with Crippen LogP contribution in [-0.2, 0) is 0 Å². The zero-order valence-corrected chi connectivity index (χ0v) is 14.1. The van der Waals surface area contributed by atoms with Crippen molar-refractivity contribution in [1.82, 2.24) is 10.2 Å². The summed E-state index contributed by atoms with van der Waals surface area (Å²) in [6.45, 7) is 3.87. The van der Waals surface area contributed by atoms with Crippen LogP contribution in [0.3, 0.4) is 0 Å². The molecule has 0 radical (unpaired) electrons. The highest BCUT2D eigenvalue weighted by molar-refractivity contribution is 6.31. The molecular weight excluding hydrogens is 322 g/mol. The van der Waals surface area contributed by atoms with Crippen molar-refractivity contribution in [3.8, 4) is 0 Å². The molecule has 1 fully saturated rings. The molecule has 1 saturated carbocycles. The van der Waals surface area contributed by atoms with Crippen molar-refractivity contribution in [2.75, 3.05) is 0 Å². The van der Waals surface area contributed by atoms with Crippen LogP contribution >= 0.6 is 11.6 Å². The van der Waals surface area contributed by atoms with Crippen LogP contribution in [0.2, 0.25) is 5.02 Å². The fourth-order valence-electron chi connectivity index (χ4n) is 3.80. The van der Waals surface area contributed by atoms with E-state index in [1.54, 1.807) is 0 Å². The van der Waals surface area contributed by atoms with Gasteiger partial charge in [-0.05, 0) is 24.2 Å². The largest absolute Gasteiger partial charge is 0.388 e. The smallest absolute Gasteiger partial charge is 0.155 e. The van der Waals surface area contributed by atoms with Gasteiger partial charge in [-0.2, -0.15) is 5.10 Å². The first-order chi connectivity index (χ1) is 10.9. The average Bonchev–Trinajstić information content (AvgIpc) is 3.03. The van der Waals surface area contributed by atoms with E-state index < -0.39 is 28.2 Å². The van der Waals surface area contributed by atoms with Crippen molar-refractivity contribution in [3.63, 3.8) is 0 Å². The fourth-order valence-corrected chi connectivity index (χ4v) is 4.00. The fraction of sp³-hybridized carbons (Fsp3) is 0.588. The molecule has 1 atom stereocenters. The van der Waals surface area contributed by atoms with Gasteiger partial charge in [0.05, 0.1) is 23.2 Å². The molecule has 1 heterocycles. The van der Waals surface area contributed by atoms with Gasteiger partial charge >= 0.3 is 0 Å². The molecule has 23 heavy (non-hydrogen) atoms. The third kappa shape index (κ3) is 2.64. The Morgan fingerprint density at radius 2 is 1.91 bits per heavy atom. The quantitative estimate of drug-likeness (QED) is 0.759. The molecule has 0 aliphatic heterocycles. The normalized spacial score (nSPS) is 18.5. The Morgan fingerprint density at radius 1 is 1.26 bits per heavy atom. The van der Waals surface area contributed by atoms with Gasteiger partial charge in [0.15, 0.2) is 11.6 Å². The zero-order valence-electron chi connectivity index (χ0n) is 13.3. The average molecular weight is 343 g/mol. The first-order valence-corrected chi connectivity index (χ1v) is 8.41. The summed E-state index contributed by atoms with van der Waals surface area (Å²) in [5, 5.41) is 16.8. The van der Waals surface area contributed by atoms with E-state index in [2.05, 4.69) is 10.2 Å². The Morgan fingerprint density at radius 3 is 2.57 bits per heavy atom. The van der Waals surface area contributed by atoms with Crippen LogP contribution in [0.5, 0.6) is 0 Å². The zero-order chi connectivity index (χ0) is 16.8. The van der Waals surface area contributed by atoms with E-state index in [0.29, 0.717) is 0 Å². The minimum atomic E-state index is -1.09. The summed E-state index contributed by atoms with van der Waals surface area (Å²) >= 11 is 5.80. The molecular formula is C17H21ClF2N2O. The van der Waals surface area contributed by atoms with Gasteiger partial charge in [-0.25, -0.2) is 8.78 Å². The van der Waals surface area contributed by atoms with Crippen LogP contribution in [0.4, 0.5) is 8.78 Å². The number of aromatic amines is 1. The molecule has 1 unspecified atom stereocenters. The maximum atomic E-state index is 14.6. The number of hydrogen-bond acceptors (Lipinski definition) is 2. The molecule has 3 rings (SSSR count). The summed E-state index contributed by atoms with van der Waals surface area (Å²) in [7, 11) is 0. The van der Waals surface area contributed by atoms with E-state index in [0.717, 1.165) is 25.7 Å². The number of rotatable bonds is 3. The van der Waals surface area contributed by atoms with Crippen LogP contribution in [-0.4, -0.2) is 15.3 Å². The summed E-state index contributed by atoms with van der Waals surface area (Å²) in [5.74, 6) is -1.47. The first-order valence-electron chi connectivity index (χ1n) is 8.03. The summed E-state index contributed by atoms with van der Waals surface area (Å²) < 4.78 is 28.7. The molecule has 1 aromatic heterocycles. The van der Waals surface area contributed by atoms with Crippen molar-refractivity contribution in [1.29, 1.82) is 0 Å². The molecule has 1 aliphatic rings. The minimum absolute atomic E-state index is 0.0134. The lowest BCUT2D eigenvalue weighted by molar-refractivity contribution is -0.00984. The van der Waals surface area contributed by atoms with Crippen LogP contribution < -0.4 is 0 Å². The number of nitrogens with zero attached hydrogens (tertiary/aromatic N) is 1. The van der Waals surface area contributed by atoms with Gasteiger partial charge < -0.3 is 5.11 Å². The van der Waals surface area contributed by atoms with E-state index >= 15 is 0 Å². The Labute approximate surface area is 139 Å². The van der Waals surface area contributed by atoms with E-state index in [4.69, 9.17) is 11.6 Å². The van der Waals surface area contributed by atoms with Gasteiger partial charge in [-0.1, -0.05) is 44.7 Å². The number of nitrogens with one attached hydrogen (secondary N) is 1. The van der Waals surface area contributed by atoms with E-state index in [1.807, 2.05) is 13.8 Å². The van der Waals surface area contributed by atoms with Gasteiger partial charge in [0.25, 0.3) is 0 Å². The maximum Gasteiger partial charge on any atom is 0.155 e. The van der Waals surface area contributed by atoms with Crippen LogP contribution in [0.1, 0.15) is 57.6 Å². The lowest BCUT2D eigenvalue weighted by atomic mass is 9.66. The van der Waals surface area contributed by atoms with Gasteiger partial charge in [-0.3, -0.25) is 5.10 Å². The van der Waals surface area contributed by atoms with Crippen molar-refractivity contribution < 1.29 is 13.9 Å². The second-order valence-corrected chi connectivity index (χ2v) is 7.45. The highest BCUT2D eigenvalue weighted by atomic mass is 35.5. The minimum Gasteiger partial charge on any atom is -0.388 e. The third-order valence-corrected chi connectivity index (χ3v) is 5.73. The van der Waals surface area contributed by atoms with E-state index in [9.17, 15) is 13.9 Å². The molecule has 0 spiro atoms. The number of fused-ring (bicyclic) bond motifs is 1. The number of aliphatic hydroxyl groups excluding tert-OH is 1. The number of aromatic nitrogens is 2. The molecule has 0 saturated heterocycles. The lowest BCUT2D eigenvalue weighted by Gasteiger charge is -2.41. The molecule has 0 bridgehead atoms. The number of hydrogen-bond donors (Lipinski definition) is 2. The second-order valence-electron chi connectivity index (χ2n) is 7.07. The number of aliphatic hydroxyl groups is 1. The summed E-state index contributed by atoms with van der Waals surface area (Å²) in [6.07, 6.45) is 5.62. The molecule has 2 aromatic rings. The summed E-state index contributed by atoms with van der Waals surface area (Å²) in [4.78, 5) is 0. The Kier molecular flexibility index (Phi) is 4.36. The van der Waals surface area contributed by atoms with Crippen LogP contribution in [0.25, 0.3) is 10.9 Å². The Balaban J connectivity index is 2.10. The summed E-state index contributed by atoms with van der Waals surface area (Å²) in [6, 6.07) is 0. The topological polar surface area (TPSA) is 48.9 Å². The number of halogens is 3. The monoisotopic (exact) mass is 342 g/mol. The molecule has 2 N–H and O–H groups in total. The van der Waals surface area contributed by atoms with Gasteiger partial charge in [0.1, 0.15) is 5.02 Å². The highest BCUT2D eigenvalue weighted by Gasteiger charge is 2.40. The molecule has 126 valence electrons. The van der Waals surface area contributed by atoms with E-state index in [1.165, 1.54) is 12.6 Å². The van der Waals surface area contributed by atoms with Crippen molar-refractivity contribution >= 4 is 22.5 Å². The first kappa shape index (κ1) is 16.7. The van der Waals surface area contributed by atoms with Crippen molar-refractivity contribution in [3.05, 3.63) is 28.4 Å². The van der Waals surface area contributed by atoms with Crippen molar-refractivity contribution in [2.24, 2.45) is 11.3 Å². The molecule has 3 nitrogen and oxygen atoms in total. The van der Waals surface area contributed by atoms with E-state index in [-0.39, 0.29) is 22.4 Å². The standard InChI is InChI=1S/C17H21ClF2N2O/c1-17(2,9-6-4-3-5-7-9)16(23)11-14(20)12(18)13(19)10-8-21-22-15(10)11/h8-9,16,23H,3-7H2,1-2H3,(H,21,22). The Bertz CT molecular complexity index is 723. The summed E-state index contributed by atoms with van der Waals surface area (Å²) in [5.41, 5.74) is -0.347. The molecule has 1 aliphatic carbocycles. The second kappa shape index (κ2) is 6.02. The van der Waals surface area contributed by atoms with Crippen LogP contribution in [0, 0.1) is 23.0 Å². The maximum absolute atomic E-state index is 14.6. The predicted molar refractivity (Wildman–Crippen MR) is 86.3 cm³/mol.